The van der Waals surface area contributed by atoms with E-state index in [1.54, 1.807) is 18.2 Å². The average Bonchev–Trinajstić information content (AvgIpc) is 2.89. The summed E-state index contributed by atoms with van der Waals surface area (Å²) < 4.78 is 0. The maximum atomic E-state index is 12.8. The Hall–Kier alpha value is -3.06. The molecule has 1 saturated heterocycles. The molecule has 1 heterocycles. The molecule has 26 heavy (non-hydrogen) atoms. The van der Waals surface area contributed by atoms with Gasteiger partial charge in [-0.1, -0.05) is 38.1 Å². The number of hydrogen-bond acceptors (Lipinski definition) is 4. The van der Waals surface area contributed by atoms with Gasteiger partial charge in [-0.15, -0.1) is 0 Å². The summed E-state index contributed by atoms with van der Waals surface area (Å²) in [5.41, 5.74) is 2.29. The van der Waals surface area contributed by atoms with E-state index in [1.165, 1.54) is 17.0 Å². The molecule has 1 aliphatic heterocycles. The van der Waals surface area contributed by atoms with E-state index in [9.17, 15) is 14.9 Å². The molecule has 0 unspecified atom stereocenters. The van der Waals surface area contributed by atoms with Crippen molar-refractivity contribution in [2.45, 2.75) is 19.8 Å². The van der Waals surface area contributed by atoms with Crippen molar-refractivity contribution in [3.05, 3.63) is 75.5 Å². The summed E-state index contributed by atoms with van der Waals surface area (Å²) in [6, 6.07) is 13.8. The van der Waals surface area contributed by atoms with Crippen molar-refractivity contribution in [2.24, 2.45) is 0 Å². The van der Waals surface area contributed by atoms with Gasteiger partial charge in [0.2, 0.25) is 0 Å². The lowest BCUT2D eigenvalue weighted by Gasteiger charge is -2.15. The minimum Gasteiger partial charge on any atom is -0.327 e. The molecule has 2 aromatic rings. The number of amides is 1. The standard InChI is InChI=1S/C19H17N3O3S/c1-12(2)13-7-9-15(10-8-13)21-18(23)16(20-19(21)26)11-14-5-3-4-6-17(14)22(24)25/h3-12H,1-2H3,(H,20,26)/b16-11+. The number of rotatable bonds is 4. The maximum absolute atomic E-state index is 12.8. The largest absolute Gasteiger partial charge is 0.327 e. The molecule has 0 atom stereocenters. The molecular weight excluding hydrogens is 350 g/mol. The van der Waals surface area contributed by atoms with Crippen molar-refractivity contribution in [3.8, 4) is 0 Å². The smallest absolute Gasteiger partial charge is 0.281 e. The molecule has 1 fully saturated rings. The summed E-state index contributed by atoms with van der Waals surface area (Å²) in [6.07, 6.45) is 1.45. The lowest BCUT2D eigenvalue weighted by atomic mass is 10.0. The van der Waals surface area contributed by atoms with Gasteiger partial charge in [0.25, 0.3) is 11.6 Å². The van der Waals surface area contributed by atoms with Gasteiger partial charge in [-0.2, -0.15) is 0 Å². The molecule has 3 rings (SSSR count). The van der Waals surface area contributed by atoms with E-state index < -0.39 is 4.92 Å². The van der Waals surface area contributed by atoms with Crippen LogP contribution in [0.15, 0.2) is 54.2 Å². The fourth-order valence-electron chi connectivity index (χ4n) is 2.71. The zero-order valence-corrected chi connectivity index (χ0v) is 15.1. The number of carbonyl (C=O) groups excluding carboxylic acids is 1. The van der Waals surface area contributed by atoms with Crippen LogP contribution in [0.4, 0.5) is 11.4 Å². The first-order valence-corrected chi connectivity index (χ1v) is 8.50. The van der Waals surface area contributed by atoms with Crippen molar-refractivity contribution in [3.63, 3.8) is 0 Å². The number of nitro groups is 1. The minimum absolute atomic E-state index is 0.0692. The van der Waals surface area contributed by atoms with Crippen LogP contribution in [0.2, 0.25) is 0 Å². The number of carbonyl (C=O) groups is 1. The molecule has 1 amide bonds. The Morgan fingerprint density at radius 3 is 2.42 bits per heavy atom. The monoisotopic (exact) mass is 367 g/mol. The van der Waals surface area contributed by atoms with E-state index in [1.807, 2.05) is 24.3 Å². The fourth-order valence-corrected chi connectivity index (χ4v) is 3.01. The van der Waals surface area contributed by atoms with Gasteiger partial charge >= 0.3 is 0 Å². The summed E-state index contributed by atoms with van der Waals surface area (Å²) >= 11 is 5.28. The van der Waals surface area contributed by atoms with Crippen LogP contribution in [0.5, 0.6) is 0 Å². The van der Waals surface area contributed by atoms with E-state index >= 15 is 0 Å². The molecular formula is C19H17N3O3S. The first-order chi connectivity index (χ1) is 12.4. The van der Waals surface area contributed by atoms with Crippen LogP contribution in [-0.2, 0) is 4.79 Å². The Balaban J connectivity index is 1.93. The zero-order valence-electron chi connectivity index (χ0n) is 14.3. The van der Waals surface area contributed by atoms with E-state index in [4.69, 9.17) is 12.2 Å². The predicted octanol–water partition coefficient (Wildman–Crippen LogP) is 3.98. The third kappa shape index (κ3) is 3.34. The van der Waals surface area contributed by atoms with Gasteiger partial charge in [-0.05, 0) is 48.0 Å². The zero-order chi connectivity index (χ0) is 18.8. The van der Waals surface area contributed by atoms with E-state index in [2.05, 4.69) is 19.2 Å². The van der Waals surface area contributed by atoms with Crippen LogP contribution in [-0.4, -0.2) is 15.9 Å². The summed E-state index contributed by atoms with van der Waals surface area (Å²) in [6.45, 7) is 4.19. The van der Waals surface area contributed by atoms with Gasteiger partial charge < -0.3 is 5.32 Å². The van der Waals surface area contributed by atoms with Crippen molar-refractivity contribution >= 4 is 40.7 Å². The summed E-state index contributed by atoms with van der Waals surface area (Å²) in [7, 11) is 0. The van der Waals surface area contributed by atoms with E-state index in [0.29, 0.717) is 17.2 Å². The molecule has 1 N–H and O–H groups in total. The first kappa shape index (κ1) is 17.8. The molecule has 1 aliphatic rings. The molecule has 2 aromatic carbocycles. The Morgan fingerprint density at radius 1 is 1.15 bits per heavy atom. The second-order valence-corrected chi connectivity index (χ2v) is 6.58. The highest BCUT2D eigenvalue weighted by Gasteiger charge is 2.32. The highest BCUT2D eigenvalue weighted by molar-refractivity contribution is 7.80. The Morgan fingerprint density at radius 2 is 1.81 bits per heavy atom. The van der Waals surface area contributed by atoms with Gasteiger partial charge in [0, 0.05) is 6.07 Å². The van der Waals surface area contributed by atoms with Crippen molar-refractivity contribution in [2.75, 3.05) is 4.90 Å². The topological polar surface area (TPSA) is 75.5 Å². The molecule has 0 aromatic heterocycles. The van der Waals surface area contributed by atoms with Crippen LogP contribution in [0.25, 0.3) is 6.08 Å². The number of anilines is 1. The fraction of sp³-hybridized carbons (Fsp3) is 0.158. The molecule has 0 bridgehead atoms. The molecule has 6 nitrogen and oxygen atoms in total. The number of nitrogens with zero attached hydrogens (tertiary/aromatic N) is 2. The number of nitro benzene ring substituents is 1. The van der Waals surface area contributed by atoms with Crippen molar-refractivity contribution in [1.82, 2.24) is 5.32 Å². The lowest BCUT2D eigenvalue weighted by Crippen LogP contribution is -2.30. The average molecular weight is 367 g/mol. The first-order valence-electron chi connectivity index (χ1n) is 8.09. The minimum atomic E-state index is -0.480. The Kier molecular flexibility index (Phi) is 4.81. The SMILES string of the molecule is CC(C)c1ccc(N2C(=O)/C(=C\c3ccccc3[N+](=O)[O-])NC2=S)cc1. The highest BCUT2D eigenvalue weighted by atomic mass is 32.1. The van der Waals surface area contributed by atoms with E-state index in [0.717, 1.165) is 5.56 Å². The second-order valence-electron chi connectivity index (χ2n) is 6.19. The number of para-hydroxylation sites is 1. The molecule has 0 aliphatic carbocycles. The van der Waals surface area contributed by atoms with Gasteiger partial charge in [0.1, 0.15) is 5.70 Å². The number of benzene rings is 2. The van der Waals surface area contributed by atoms with Gasteiger partial charge in [0.15, 0.2) is 5.11 Å². The summed E-state index contributed by atoms with van der Waals surface area (Å²) in [5.74, 6) is 0.0444. The van der Waals surface area contributed by atoms with Crippen LogP contribution in [0.1, 0.15) is 30.9 Å². The van der Waals surface area contributed by atoms with Gasteiger partial charge in [0.05, 0.1) is 16.2 Å². The Labute approximate surface area is 156 Å². The lowest BCUT2D eigenvalue weighted by molar-refractivity contribution is -0.385. The molecule has 0 saturated carbocycles. The summed E-state index contributed by atoms with van der Waals surface area (Å²) in [5, 5.41) is 14.2. The number of nitrogens with one attached hydrogen (secondary N) is 1. The third-order valence-corrected chi connectivity index (χ3v) is 4.41. The number of thiocarbonyl (C=S) groups is 1. The second kappa shape index (κ2) is 7.05. The van der Waals surface area contributed by atoms with Crippen molar-refractivity contribution < 1.29 is 9.72 Å². The predicted molar refractivity (Wildman–Crippen MR) is 105 cm³/mol. The summed E-state index contributed by atoms with van der Waals surface area (Å²) in [4.78, 5) is 24.8. The normalized spacial score (nSPS) is 15.7. The van der Waals surface area contributed by atoms with E-state index in [-0.39, 0.29) is 22.4 Å². The van der Waals surface area contributed by atoms with Crippen LogP contribution in [0, 0.1) is 10.1 Å². The van der Waals surface area contributed by atoms with Crippen LogP contribution < -0.4 is 10.2 Å². The molecule has 132 valence electrons. The Bertz CT molecular complexity index is 920. The van der Waals surface area contributed by atoms with Crippen LogP contribution in [0.3, 0.4) is 0 Å². The maximum Gasteiger partial charge on any atom is 0.281 e. The molecule has 0 radical (unpaired) electrons. The van der Waals surface area contributed by atoms with Gasteiger partial charge in [-0.25, -0.2) is 0 Å². The third-order valence-electron chi connectivity index (χ3n) is 4.13. The van der Waals surface area contributed by atoms with Crippen molar-refractivity contribution in [1.29, 1.82) is 0 Å². The number of hydrogen-bond donors (Lipinski definition) is 1. The molecule has 7 heteroatoms. The highest BCUT2D eigenvalue weighted by Crippen LogP contribution is 2.26. The van der Waals surface area contributed by atoms with Gasteiger partial charge in [-0.3, -0.25) is 19.8 Å². The van der Waals surface area contributed by atoms with Crippen LogP contribution >= 0.6 is 12.2 Å². The molecule has 0 spiro atoms. The quantitative estimate of drug-likeness (QED) is 0.383.